The van der Waals surface area contributed by atoms with Crippen molar-refractivity contribution in [2.75, 3.05) is 52.5 Å². The lowest BCUT2D eigenvalue weighted by molar-refractivity contribution is -0.143. The van der Waals surface area contributed by atoms with Crippen LogP contribution in [0.5, 0.6) is 0 Å². The Kier molecular flexibility index (Phi) is 7.50. The van der Waals surface area contributed by atoms with Gasteiger partial charge in [0, 0.05) is 32.8 Å². The number of morpholine rings is 1. The van der Waals surface area contributed by atoms with Gasteiger partial charge in [0.1, 0.15) is 0 Å². The zero-order chi connectivity index (χ0) is 15.0. The standard InChI is InChI=1S/C13H24N2O5/c1-11(13(18)19)9-14(3-2-6-16)10-12(17)15-4-7-20-8-5-15/h11,16H,2-10H2,1H3,(H,18,19). The summed E-state index contributed by atoms with van der Waals surface area (Å²) in [6.45, 7) is 4.94. The lowest BCUT2D eigenvalue weighted by Gasteiger charge is -2.30. The summed E-state index contributed by atoms with van der Waals surface area (Å²) in [6, 6.07) is 0. The lowest BCUT2D eigenvalue weighted by atomic mass is 10.1. The fraction of sp³-hybridized carbons (Fsp3) is 0.846. The van der Waals surface area contributed by atoms with Crippen LogP contribution in [-0.4, -0.2) is 84.4 Å². The van der Waals surface area contributed by atoms with Crippen LogP contribution in [0.15, 0.2) is 0 Å². The molecule has 0 aliphatic carbocycles. The van der Waals surface area contributed by atoms with E-state index in [2.05, 4.69) is 0 Å². The molecule has 116 valence electrons. The second-order valence-electron chi connectivity index (χ2n) is 5.04. The van der Waals surface area contributed by atoms with Crippen molar-refractivity contribution < 1.29 is 24.5 Å². The second-order valence-corrected chi connectivity index (χ2v) is 5.04. The van der Waals surface area contributed by atoms with E-state index in [9.17, 15) is 9.59 Å². The Labute approximate surface area is 119 Å². The van der Waals surface area contributed by atoms with Gasteiger partial charge in [-0.3, -0.25) is 14.5 Å². The highest BCUT2D eigenvalue weighted by Gasteiger charge is 2.22. The fourth-order valence-electron chi connectivity index (χ4n) is 2.10. The molecule has 0 aromatic rings. The number of hydrogen-bond acceptors (Lipinski definition) is 5. The topological polar surface area (TPSA) is 90.3 Å². The summed E-state index contributed by atoms with van der Waals surface area (Å²) in [6.07, 6.45) is 0.530. The summed E-state index contributed by atoms with van der Waals surface area (Å²) in [5, 5.41) is 17.8. The maximum atomic E-state index is 12.1. The molecular formula is C13H24N2O5. The summed E-state index contributed by atoms with van der Waals surface area (Å²) in [4.78, 5) is 26.6. The van der Waals surface area contributed by atoms with Gasteiger partial charge in [-0.25, -0.2) is 0 Å². The molecule has 1 saturated heterocycles. The number of ether oxygens (including phenoxy) is 1. The van der Waals surface area contributed by atoms with Crippen LogP contribution in [-0.2, 0) is 14.3 Å². The van der Waals surface area contributed by atoms with Crippen LogP contribution >= 0.6 is 0 Å². The van der Waals surface area contributed by atoms with Gasteiger partial charge in [0.25, 0.3) is 0 Å². The fourth-order valence-corrected chi connectivity index (χ4v) is 2.10. The third-order valence-electron chi connectivity index (χ3n) is 3.31. The molecule has 0 saturated carbocycles. The quantitative estimate of drug-likeness (QED) is 0.611. The molecule has 2 N–H and O–H groups in total. The number of aliphatic carboxylic acids is 1. The number of nitrogens with zero attached hydrogens (tertiary/aromatic N) is 2. The Morgan fingerprint density at radius 3 is 2.55 bits per heavy atom. The predicted molar refractivity (Wildman–Crippen MR) is 72.3 cm³/mol. The Morgan fingerprint density at radius 1 is 1.35 bits per heavy atom. The van der Waals surface area contributed by atoms with Crippen molar-refractivity contribution in [3.05, 3.63) is 0 Å². The Bertz CT molecular complexity index is 318. The summed E-state index contributed by atoms with van der Waals surface area (Å²) in [7, 11) is 0. The third-order valence-corrected chi connectivity index (χ3v) is 3.31. The van der Waals surface area contributed by atoms with Gasteiger partial charge in [-0.2, -0.15) is 0 Å². The number of rotatable bonds is 8. The third kappa shape index (κ3) is 5.85. The number of carboxylic acid groups (broad SMARTS) is 1. The number of aliphatic hydroxyl groups is 1. The van der Waals surface area contributed by atoms with E-state index >= 15 is 0 Å². The average molecular weight is 288 g/mol. The van der Waals surface area contributed by atoms with Crippen LogP contribution in [0, 0.1) is 5.92 Å². The van der Waals surface area contributed by atoms with E-state index in [1.165, 1.54) is 0 Å². The molecule has 1 rings (SSSR count). The molecule has 0 aromatic carbocycles. The van der Waals surface area contributed by atoms with Crippen LogP contribution in [0.25, 0.3) is 0 Å². The van der Waals surface area contributed by atoms with Crippen molar-refractivity contribution in [3.8, 4) is 0 Å². The number of hydrogen-bond donors (Lipinski definition) is 2. The number of carbonyl (C=O) groups excluding carboxylic acids is 1. The SMILES string of the molecule is CC(CN(CCCO)CC(=O)N1CCOCC1)C(=O)O. The highest BCUT2D eigenvalue weighted by molar-refractivity contribution is 5.78. The van der Waals surface area contributed by atoms with E-state index in [1.807, 2.05) is 0 Å². The van der Waals surface area contributed by atoms with Crippen LogP contribution in [0.3, 0.4) is 0 Å². The molecule has 7 heteroatoms. The van der Waals surface area contributed by atoms with Crippen molar-refractivity contribution in [2.24, 2.45) is 5.92 Å². The molecule has 20 heavy (non-hydrogen) atoms. The largest absolute Gasteiger partial charge is 0.481 e. The van der Waals surface area contributed by atoms with E-state index < -0.39 is 11.9 Å². The summed E-state index contributed by atoms with van der Waals surface area (Å²) >= 11 is 0. The minimum Gasteiger partial charge on any atom is -0.481 e. The molecule has 1 unspecified atom stereocenters. The smallest absolute Gasteiger partial charge is 0.307 e. The molecule has 1 fully saturated rings. The van der Waals surface area contributed by atoms with Gasteiger partial charge in [-0.15, -0.1) is 0 Å². The first-order chi connectivity index (χ1) is 9.54. The maximum Gasteiger partial charge on any atom is 0.307 e. The number of aliphatic hydroxyl groups excluding tert-OH is 1. The van der Waals surface area contributed by atoms with Crippen LogP contribution in [0.4, 0.5) is 0 Å². The minimum absolute atomic E-state index is 0.0103. The first kappa shape index (κ1) is 16.9. The molecule has 0 radical (unpaired) electrons. The molecule has 0 bridgehead atoms. The van der Waals surface area contributed by atoms with Gasteiger partial charge in [-0.05, 0) is 6.42 Å². The molecule has 1 amide bonds. The van der Waals surface area contributed by atoms with Crippen molar-refractivity contribution in [3.63, 3.8) is 0 Å². The first-order valence-corrected chi connectivity index (χ1v) is 6.96. The molecule has 0 spiro atoms. The number of amides is 1. The zero-order valence-electron chi connectivity index (χ0n) is 12.0. The molecule has 1 atom stereocenters. The second kappa shape index (κ2) is 8.89. The Balaban J connectivity index is 2.49. The number of carbonyl (C=O) groups is 2. The summed E-state index contributed by atoms with van der Waals surface area (Å²) in [5.41, 5.74) is 0. The average Bonchev–Trinajstić information content (AvgIpc) is 2.45. The van der Waals surface area contributed by atoms with Crippen molar-refractivity contribution in [1.29, 1.82) is 0 Å². The Morgan fingerprint density at radius 2 is 2.00 bits per heavy atom. The van der Waals surface area contributed by atoms with E-state index in [1.54, 1.807) is 16.7 Å². The maximum absolute atomic E-state index is 12.1. The zero-order valence-corrected chi connectivity index (χ0v) is 12.0. The highest BCUT2D eigenvalue weighted by atomic mass is 16.5. The van der Waals surface area contributed by atoms with E-state index in [0.717, 1.165) is 0 Å². The number of carboxylic acids is 1. The van der Waals surface area contributed by atoms with E-state index in [0.29, 0.717) is 45.8 Å². The summed E-state index contributed by atoms with van der Waals surface area (Å²) < 4.78 is 5.20. The van der Waals surface area contributed by atoms with Crippen LogP contribution < -0.4 is 0 Å². The van der Waals surface area contributed by atoms with Gasteiger partial charge in [0.05, 0.1) is 25.7 Å². The van der Waals surface area contributed by atoms with Gasteiger partial charge < -0.3 is 19.8 Å². The summed E-state index contributed by atoms with van der Waals surface area (Å²) in [5.74, 6) is -1.42. The highest BCUT2D eigenvalue weighted by Crippen LogP contribution is 2.04. The monoisotopic (exact) mass is 288 g/mol. The van der Waals surface area contributed by atoms with Crippen molar-refractivity contribution >= 4 is 11.9 Å². The lowest BCUT2D eigenvalue weighted by Crippen LogP contribution is -2.47. The van der Waals surface area contributed by atoms with E-state index in [-0.39, 0.29) is 19.1 Å². The van der Waals surface area contributed by atoms with Crippen molar-refractivity contribution in [2.45, 2.75) is 13.3 Å². The van der Waals surface area contributed by atoms with Gasteiger partial charge in [-0.1, -0.05) is 6.92 Å². The Hall–Kier alpha value is -1.18. The first-order valence-electron chi connectivity index (χ1n) is 6.96. The van der Waals surface area contributed by atoms with Gasteiger partial charge in [0.15, 0.2) is 0 Å². The molecular weight excluding hydrogens is 264 g/mol. The van der Waals surface area contributed by atoms with Crippen LogP contribution in [0.2, 0.25) is 0 Å². The molecule has 1 heterocycles. The normalized spacial score (nSPS) is 17.2. The van der Waals surface area contributed by atoms with Crippen molar-refractivity contribution in [1.82, 2.24) is 9.80 Å². The predicted octanol–water partition coefficient (Wildman–Crippen LogP) is -0.750. The molecule has 1 aliphatic heterocycles. The molecule has 1 aliphatic rings. The molecule has 0 aromatic heterocycles. The van der Waals surface area contributed by atoms with Crippen LogP contribution in [0.1, 0.15) is 13.3 Å². The van der Waals surface area contributed by atoms with Gasteiger partial charge in [0.2, 0.25) is 5.91 Å². The van der Waals surface area contributed by atoms with E-state index in [4.69, 9.17) is 14.9 Å². The van der Waals surface area contributed by atoms with Gasteiger partial charge >= 0.3 is 5.97 Å². The minimum atomic E-state index is -0.877. The molecule has 7 nitrogen and oxygen atoms in total.